The average Bonchev–Trinajstić information content (AvgIpc) is 3.65. The van der Waals surface area contributed by atoms with Gasteiger partial charge in [0, 0.05) is 23.6 Å². The van der Waals surface area contributed by atoms with Crippen LogP contribution in [0, 0.1) is 10.1 Å². The van der Waals surface area contributed by atoms with Gasteiger partial charge < -0.3 is 38.3 Å². The molecule has 0 radical (unpaired) electrons. The van der Waals surface area contributed by atoms with E-state index in [2.05, 4.69) is 0 Å². The number of carbonyl (C=O) groups is 1. The van der Waals surface area contributed by atoms with Crippen LogP contribution in [0.3, 0.4) is 0 Å². The number of ether oxygens (including phenoxy) is 7. The molecule has 2 aliphatic heterocycles. The summed E-state index contributed by atoms with van der Waals surface area (Å²) in [6, 6.07) is 10.8. The molecule has 2 aromatic carbocycles. The van der Waals surface area contributed by atoms with E-state index in [4.69, 9.17) is 44.8 Å². The van der Waals surface area contributed by atoms with Gasteiger partial charge in [0.15, 0.2) is 17.3 Å². The molecule has 13 heteroatoms. The van der Waals surface area contributed by atoms with Gasteiger partial charge in [-0.05, 0) is 68.5 Å². The molecule has 1 N–H and O–H groups in total. The van der Waals surface area contributed by atoms with Crippen molar-refractivity contribution in [3.8, 4) is 11.5 Å². The number of esters is 1. The van der Waals surface area contributed by atoms with E-state index in [9.17, 15) is 20.0 Å². The van der Waals surface area contributed by atoms with Crippen molar-refractivity contribution in [2.75, 3.05) is 34.0 Å². The Bertz CT molecular complexity index is 1430. The average molecular weight is 676 g/mol. The van der Waals surface area contributed by atoms with Crippen LogP contribution in [0.4, 0.5) is 5.69 Å². The maximum absolute atomic E-state index is 12.3. The van der Waals surface area contributed by atoms with Crippen LogP contribution >= 0.6 is 11.6 Å². The Balaban J connectivity index is 1.28. The molecule has 256 valence electrons. The van der Waals surface area contributed by atoms with Crippen LogP contribution in [0.1, 0.15) is 55.5 Å². The maximum atomic E-state index is 12.3. The van der Waals surface area contributed by atoms with Crippen molar-refractivity contribution in [2.45, 2.75) is 76.3 Å². The van der Waals surface area contributed by atoms with E-state index in [0.29, 0.717) is 61.0 Å². The quantitative estimate of drug-likeness (QED) is 0.0986. The summed E-state index contributed by atoms with van der Waals surface area (Å²) in [7, 11) is 3.19. The Morgan fingerprint density at radius 3 is 2.51 bits per heavy atom. The predicted octanol–water partition coefficient (Wildman–Crippen LogP) is 5.87. The summed E-state index contributed by atoms with van der Waals surface area (Å²) in [4.78, 5) is 22.5. The second-order valence-electron chi connectivity index (χ2n) is 11.7. The monoisotopic (exact) mass is 675 g/mol. The topological polar surface area (TPSA) is 145 Å². The highest BCUT2D eigenvalue weighted by molar-refractivity contribution is 6.29. The summed E-state index contributed by atoms with van der Waals surface area (Å²) in [5.74, 6) is -0.0681. The summed E-state index contributed by atoms with van der Waals surface area (Å²) in [6.45, 7) is 4.10. The van der Waals surface area contributed by atoms with Crippen LogP contribution in [0.15, 0.2) is 65.2 Å². The number of nitro groups is 1. The SMILES string of the molecule is COc1ccc(CO[C@@H]2C[C@@H](CC/C(Cl)=C/C/C=C(/CO)COC(=O)c3ccc([N+](=O)[O-])cc3)O[C@@H]2[C@H]2COC(C)(C)O2)cc1OC. The van der Waals surface area contributed by atoms with Gasteiger partial charge in [0.25, 0.3) is 5.69 Å². The molecule has 4 rings (SSSR count). The number of carbonyl (C=O) groups excluding carboxylic acids is 1. The lowest BCUT2D eigenvalue weighted by Gasteiger charge is -2.25. The maximum Gasteiger partial charge on any atom is 0.338 e. The number of methoxy groups -OCH3 is 2. The van der Waals surface area contributed by atoms with Crippen molar-refractivity contribution < 1.29 is 48.0 Å². The number of aliphatic hydroxyl groups excluding tert-OH is 1. The minimum Gasteiger partial charge on any atom is -0.493 e. The molecule has 0 aliphatic carbocycles. The number of rotatable bonds is 16. The van der Waals surface area contributed by atoms with Gasteiger partial charge in [-0.25, -0.2) is 4.79 Å². The van der Waals surface area contributed by atoms with Crippen LogP contribution in [-0.2, 0) is 30.3 Å². The molecule has 47 heavy (non-hydrogen) atoms. The fourth-order valence-corrected chi connectivity index (χ4v) is 5.57. The largest absolute Gasteiger partial charge is 0.493 e. The minimum atomic E-state index is -0.698. The number of nitrogens with zero attached hydrogens (tertiary/aromatic N) is 1. The molecule has 2 heterocycles. The Morgan fingerprint density at radius 1 is 1.13 bits per heavy atom. The van der Waals surface area contributed by atoms with Crippen molar-refractivity contribution in [3.05, 3.63) is 86.5 Å². The number of halogens is 1. The van der Waals surface area contributed by atoms with Gasteiger partial charge in [-0.1, -0.05) is 29.8 Å². The molecule has 4 atom stereocenters. The van der Waals surface area contributed by atoms with E-state index in [-0.39, 0.29) is 48.9 Å². The summed E-state index contributed by atoms with van der Waals surface area (Å²) < 4.78 is 40.8. The molecule has 0 spiro atoms. The number of aliphatic hydroxyl groups is 1. The van der Waals surface area contributed by atoms with Gasteiger partial charge in [-0.3, -0.25) is 10.1 Å². The summed E-state index contributed by atoms with van der Waals surface area (Å²) >= 11 is 6.54. The molecule has 2 aromatic rings. The van der Waals surface area contributed by atoms with Crippen molar-refractivity contribution in [1.29, 1.82) is 0 Å². The van der Waals surface area contributed by atoms with Crippen LogP contribution in [0.25, 0.3) is 0 Å². The normalized spacial score (nSPS) is 22.7. The second-order valence-corrected chi connectivity index (χ2v) is 12.2. The van der Waals surface area contributed by atoms with Crippen LogP contribution in [-0.4, -0.2) is 80.2 Å². The molecule has 0 unspecified atom stereocenters. The van der Waals surface area contributed by atoms with Crippen molar-refractivity contribution >= 4 is 23.3 Å². The molecule has 12 nitrogen and oxygen atoms in total. The van der Waals surface area contributed by atoms with Crippen molar-refractivity contribution in [2.24, 2.45) is 0 Å². The number of benzene rings is 2. The minimum absolute atomic E-state index is 0.104. The molecule has 2 aliphatic rings. The van der Waals surface area contributed by atoms with Gasteiger partial charge in [0.2, 0.25) is 0 Å². The Morgan fingerprint density at radius 2 is 1.87 bits per heavy atom. The molecule has 2 saturated heterocycles. The van der Waals surface area contributed by atoms with Crippen LogP contribution in [0.5, 0.6) is 11.5 Å². The van der Waals surface area contributed by atoms with Gasteiger partial charge in [-0.15, -0.1) is 0 Å². The number of non-ortho nitro benzene ring substituents is 1. The molecule has 0 amide bonds. The Hall–Kier alpha value is -3.52. The third kappa shape index (κ3) is 10.5. The molecular weight excluding hydrogens is 634 g/mol. The first-order chi connectivity index (χ1) is 22.5. The smallest absolute Gasteiger partial charge is 0.338 e. The lowest BCUT2D eigenvalue weighted by Crippen LogP contribution is -2.38. The third-order valence-electron chi connectivity index (χ3n) is 7.88. The zero-order chi connectivity index (χ0) is 34.0. The highest BCUT2D eigenvalue weighted by atomic mass is 35.5. The van der Waals surface area contributed by atoms with E-state index in [1.807, 2.05) is 38.1 Å². The number of nitro benzene ring substituents is 1. The highest BCUT2D eigenvalue weighted by Gasteiger charge is 2.46. The molecule has 0 aromatic heterocycles. The van der Waals surface area contributed by atoms with Gasteiger partial charge in [0.05, 0.1) is 56.7 Å². The van der Waals surface area contributed by atoms with Gasteiger partial charge in [0.1, 0.15) is 18.8 Å². The van der Waals surface area contributed by atoms with E-state index in [1.54, 1.807) is 20.3 Å². The van der Waals surface area contributed by atoms with Crippen LogP contribution in [0.2, 0.25) is 0 Å². The number of hydrogen-bond acceptors (Lipinski definition) is 11. The first kappa shape index (κ1) is 36.3. The summed E-state index contributed by atoms with van der Waals surface area (Å²) in [5, 5.41) is 21.1. The van der Waals surface area contributed by atoms with Gasteiger partial charge in [-0.2, -0.15) is 0 Å². The third-order valence-corrected chi connectivity index (χ3v) is 8.22. The molecule has 0 saturated carbocycles. The Kier molecular flexibility index (Phi) is 13.2. The van der Waals surface area contributed by atoms with Crippen molar-refractivity contribution in [1.82, 2.24) is 0 Å². The van der Waals surface area contributed by atoms with Crippen LogP contribution < -0.4 is 9.47 Å². The predicted molar refractivity (Wildman–Crippen MR) is 173 cm³/mol. The fraction of sp³-hybridized carbons (Fsp3) is 0.500. The fourth-order valence-electron chi connectivity index (χ4n) is 5.37. The zero-order valence-corrected chi connectivity index (χ0v) is 27.8. The zero-order valence-electron chi connectivity index (χ0n) is 27.0. The van der Waals surface area contributed by atoms with E-state index in [1.165, 1.54) is 24.3 Å². The first-order valence-corrected chi connectivity index (χ1v) is 15.7. The first-order valence-electron chi connectivity index (χ1n) is 15.4. The standard InChI is InChI=1S/C34H42ClNO11/c1-34(2)45-21-31(47-34)32-30(43-19-22-8-15-28(41-3)29(16-22)42-4)17-27(46-32)14-11-25(35)7-5-6-23(18-37)20-44-33(38)24-9-12-26(13-10-24)36(39)40/h6-10,12-13,15-16,27,30-32,37H,5,11,14,17-21H2,1-4H3/b23-6-,25-7-/t27-,30-,31-,32+/m1/s1. The lowest BCUT2D eigenvalue weighted by molar-refractivity contribution is -0.384. The highest BCUT2D eigenvalue weighted by Crippen LogP contribution is 2.36. The number of allylic oxidation sites excluding steroid dienone is 3. The van der Waals surface area contributed by atoms with Gasteiger partial charge >= 0.3 is 5.97 Å². The van der Waals surface area contributed by atoms with E-state index >= 15 is 0 Å². The second kappa shape index (κ2) is 17.0. The lowest BCUT2D eigenvalue weighted by atomic mass is 10.0. The molecule has 0 bridgehead atoms. The summed E-state index contributed by atoms with van der Waals surface area (Å²) in [6.07, 6.45) is 5.01. The van der Waals surface area contributed by atoms with E-state index in [0.717, 1.165) is 5.56 Å². The molecule has 2 fully saturated rings. The Labute approximate surface area is 279 Å². The van der Waals surface area contributed by atoms with E-state index < -0.39 is 16.7 Å². The van der Waals surface area contributed by atoms with Crippen molar-refractivity contribution in [3.63, 3.8) is 0 Å². The number of hydrogen-bond donors (Lipinski definition) is 1. The summed E-state index contributed by atoms with van der Waals surface area (Å²) in [5.41, 5.74) is 1.49. The molecular formula is C34H42ClNO11.